The van der Waals surface area contributed by atoms with Crippen molar-refractivity contribution in [2.45, 2.75) is 26.4 Å². The van der Waals surface area contributed by atoms with Crippen molar-refractivity contribution >= 4 is 29.0 Å². The first kappa shape index (κ1) is 23.0. The monoisotopic (exact) mass is 462 g/mol. The molecule has 3 N–H and O–H groups in total. The fraction of sp³-hybridized carbons (Fsp3) is 0.308. The highest BCUT2D eigenvalue weighted by Crippen LogP contribution is 2.30. The summed E-state index contributed by atoms with van der Waals surface area (Å²) in [5.41, 5.74) is 2.46. The Morgan fingerprint density at radius 1 is 1.03 bits per heavy atom. The second kappa shape index (κ2) is 10.6. The average molecular weight is 463 g/mol. The highest BCUT2D eigenvalue weighted by atomic mass is 32.1. The molecule has 4 rings (SSSR count). The summed E-state index contributed by atoms with van der Waals surface area (Å²) in [6.07, 6.45) is 1.04. The fourth-order valence-corrected chi connectivity index (χ4v) is 4.78. The number of hydrogen-bond donors (Lipinski definition) is 3. The van der Waals surface area contributed by atoms with E-state index < -0.39 is 0 Å². The van der Waals surface area contributed by atoms with Gasteiger partial charge in [-0.1, -0.05) is 49.4 Å². The van der Waals surface area contributed by atoms with Gasteiger partial charge in [-0.15, -0.1) is 11.3 Å². The molecule has 1 fully saturated rings. The van der Waals surface area contributed by atoms with E-state index in [9.17, 15) is 9.59 Å². The van der Waals surface area contributed by atoms with Crippen molar-refractivity contribution in [1.82, 2.24) is 15.5 Å². The third kappa shape index (κ3) is 6.66. The Balaban J connectivity index is 1.24. The van der Waals surface area contributed by atoms with Crippen molar-refractivity contribution in [3.05, 3.63) is 88.1 Å². The molecule has 6 nitrogen and oxygen atoms in total. The first-order valence-electron chi connectivity index (χ1n) is 11.2. The van der Waals surface area contributed by atoms with Crippen LogP contribution < -0.4 is 16.0 Å². The van der Waals surface area contributed by atoms with Crippen LogP contribution in [0.25, 0.3) is 0 Å². The maximum atomic E-state index is 12.5. The Labute approximate surface area is 199 Å². The van der Waals surface area contributed by atoms with Crippen LogP contribution in [-0.2, 0) is 13.1 Å². The average Bonchev–Trinajstić information content (AvgIpc) is 3.47. The molecule has 1 aliphatic rings. The molecule has 1 atom stereocenters. The Kier molecular flexibility index (Phi) is 7.42. The van der Waals surface area contributed by atoms with Crippen molar-refractivity contribution in [3.8, 4) is 0 Å². The van der Waals surface area contributed by atoms with Crippen LogP contribution in [0.4, 0.5) is 10.5 Å². The molecule has 2 heterocycles. The normalized spacial score (nSPS) is 18.1. The lowest BCUT2D eigenvalue weighted by molar-refractivity contribution is 0.0951. The standard InChI is InChI=1S/C26H30N4O2S/c1-26(12-13-30(19-26)17-20-7-3-2-4-8-20)18-28-25(32)29-22-10-5-9-21(15-22)24(31)27-16-23-11-6-14-33-23/h2-11,14-15H,12-13,16-19H2,1H3,(H,27,31)(H2,28,29,32). The molecular weight excluding hydrogens is 432 g/mol. The molecule has 0 bridgehead atoms. The first-order valence-corrected chi connectivity index (χ1v) is 12.1. The van der Waals surface area contributed by atoms with Crippen LogP contribution in [-0.4, -0.2) is 36.5 Å². The molecule has 2 aromatic carbocycles. The Hall–Kier alpha value is -3.16. The van der Waals surface area contributed by atoms with Crippen molar-refractivity contribution in [2.75, 3.05) is 25.0 Å². The SMILES string of the molecule is CC1(CNC(=O)Nc2cccc(C(=O)NCc3cccs3)c2)CCN(Cc2ccccc2)C1. The lowest BCUT2D eigenvalue weighted by Crippen LogP contribution is -2.39. The van der Waals surface area contributed by atoms with Crippen LogP contribution in [0.5, 0.6) is 0 Å². The molecule has 1 aliphatic heterocycles. The molecule has 3 aromatic rings. The van der Waals surface area contributed by atoms with Gasteiger partial charge in [0, 0.05) is 35.8 Å². The minimum absolute atomic E-state index is 0.0373. The summed E-state index contributed by atoms with van der Waals surface area (Å²) in [6, 6.07) is 21.2. The zero-order chi connectivity index (χ0) is 23.1. The maximum absolute atomic E-state index is 12.5. The van der Waals surface area contributed by atoms with E-state index in [1.165, 1.54) is 5.56 Å². The number of nitrogens with zero attached hydrogens (tertiary/aromatic N) is 1. The van der Waals surface area contributed by atoms with E-state index in [1.54, 1.807) is 35.6 Å². The number of amides is 3. The number of benzene rings is 2. The fourth-order valence-electron chi connectivity index (χ4n) is 4.14. The molecule has 1 unspecified atom stereocenters. The second-order valence-electron chi connectivity index (χ2n) is 8.91. The number of carbonyl (C=O) groups excluding carboxylic acids is 2. The quantitative estimate of drug-likeness (QED) is 0.454. The summed E-state index contributed by atoms with van der Waals surface area (Å²) >= 11 is 1.60. The molecule has 0 radical (unpaired) electrons. The lowest BCUT2D eigenvalue weighted by Gasteiger charge is -2.25. The summed E-state index contributed by atoms with van der Waals surface area (Å²) in [4.78, 5) is 28.5. The van der Waals surface area contributed by atoms with E-state index in [-0.39, 0.29) is 17.4 Å². The molecule has 3 amide bonds. The van der Waals surface area contributed by atoms with Gasteiger partial charge in [0.15, 0.2) is 0 Å². The molecular formula is C26H30N4O2S. The Morgan fingerprint density at radius 2 is 1.88 bits per heavy atom. The van der Waals surface area contributed by atoms with E-state index in [0.29, 0.717) is 24.3 Å². The highest BCUT2D eigenvalue weighted by molar-refractivity contribution is 7.09. The van der Waals surface area contributed by atoms with Crippen LogP contribution >= 0.6 is 11.3 Å². The van der Waals surface area contributed by atoms with Crippen LogP contribution in [0.3, 0.4) is 0 Å². The Morgan fingerprint density at radius 3 is 2.67 bits per heavy atom. The summed E-state index contributed by atoms with van der Waals surface area (Å²) in [5.74, 6) is -0.163. The number of thiophene rings is 1. The molecule has 0 spiro atoms. The van der Waals surface area contributed by atoms with E-state index in [2.05, 4.69) is 52.0 Å². The number of nitrogens with one attached hydrogen (secondary N) is 3. The smallest absolute Gasteiger partial charge is 0.319 e. The molecule has 0 saturated carbocycles. The third-order valence-corrected chi connectivity index (χ3v) is 6.82. The summed E-state index contributed by atoms with van der Waals surface area (Å²) in [6.45, 7) is 6.22. The number of rotatable bonds is 8. The number of hydrogen-bond acceptors (Lipinski definition) is 4. The minimum Gasteiger partial charge on any atom is -0.347 e. The zero-order valence-corrected chi connectivity index (χ0v) is 19.7. The summed E-state index contributed by atoms with van der Waals surface area (Å²) in [7, 11) is 0. The molecule has 172 valence electrons. The van der Waals surface area contributed by atoms with Gasteiger partial charge in [-0.3, -0.25) is 9.69 Å². The largest absolute Gasteiger partial charge is 0.347 e. The minimum atomic E-state index is -0.256. The number of carbonyl (C=O) groups is 2. The van der Waals surface area contributed by atoms with E-state index in [0.717, 1.165) is 30.9 Å². The van der Waals surface area contributed by atoms with Crippen molar-refractivity contribution in [2.24, 2.45) is 5.41 Å². The van der Waals surface area contributed by atoms with Crippen molar-refractivity contribution in [1.29, 1.82) is 0 Å². The predicted molar refractivity (Wildman–Crippen MR) is 133 cm³/mol. The van der Waals surface area contributed by atoms with Crippen LogP contribution in [0.15, 0.2) is 72.1 Å². The zero-order valence-electron chi connectivity index (χ0n) is 18.8. The van der Waals surface area contributed by atoms with Gasteiger partial charge in [-0.2, -0.15) is 0 Å². The van der Waals surface area contributed by atoms with Crippen molar-refractivity contribution < 1.29 is 9.59 Å². The van der Waals surface area contributed by atoms with Gasteiger partial charge in [0.25, 0.3) is 5.91 Å². The van der Waals surface area contributed by atoms with Crippen LogP contribution in [0.2, 0.25) is 0 Å². The maximum Gasteiger partial charge on any atom is 0.319 e. The molecule has 33 heavy (non-hydrogen) atoms. The lowest BCUT2D eigenvalue weighted by atomic mass is 9.90. The molecule has 1 saturated heterocycles. The molecule has 1 aromatic heterocycles. The summed E-state index contributed by atoms with van der Waals surface area (Å²) < 4.78 is 0. The second-order valence-corrected chi connectivity index (χ2v) is 9.94. The Bertz CT molecular complexity index is 1070. The van der Waals surface area contributed by atoms with Gasteiger partial charge in [0.2, 0.25) is 0 Å². The molecule has 7 heteroatoms. The highest BCUT2D eigenvalue weighted by Gasteiger charge is 2.33. The number of anilines is 1. The summed E-state index contributed by atoms with van der Waals surface area (Å²) in [5, 5.41) is 10.8. The number of likely N-dealkylation sites (tertiary alicyclic amines) is 1. The first-order chi connectivity index (χ1) is 16.0. The topological polar surface area (TPSA) is 73.5 Å². The van der Waals surface area contributed by atoms with E-state index in [1.807, 2.05) is 23.6 Å². The van der Waals surface area contributed by atoms with Crippen molar-refractivity contribution in [3.63, 3.8) is 0 Å². The van der Waals surface area contributed by atoms with Gasteiger partial charge in [-0.25, -0.2) is 4.79 Å². The van der Waals surface area contributed by atoms with Gasteiger partial charge in [-0.05, 0) is 53.6 Å². The van der Waals surface area contributed by atoms with Gasteiger partial charge in [0.1, 0.15) is 0 Å². The van der Waals surface area contributed by atoms with E-state index >= 15 is 0 Å². The van der Waals surface area contributed by atoms with E-state index in [4.69, 9.17) is 0 Å². The predicted octanol–water partition coefficient (Wildman–Crippen LogP) is 4.71. The van der Waals surface area contributed by atoms with Crippen LogP contribution in [0.1, 0.15) is 34.1 Å². The third-order valence-electron chi connectivity index (χ3n) is 5.95. The molecule has 0 aliphatic carbocycles. The number of urea groups is 1. The van der Waals surface area contributed by atoms with Gasteiger partial charge >= 0.3 is 6.03 Å². The van der Waals surface area contributed by atoms with Gasteiger partial charge in [0.05, 0.1) is 6.54 Å². The van der Waals surface area contributed by atoms with Gasteiger partial charge < -0.3 is 16.0 Å². The van der Waals surface area contributed by atoms with Crippen LogP contribution in [0, 0.1) is 5.41 Å².